The second-order valence-electron chi connectivity index (χ2n) is 2.80. The summed E-state index contributed by atoms with van der Waals surface area (Å²) in [4.78, 5) is 4.20. The fraction of sp³-hybridized carbons (Fsp3) is 0. The Morgan fingerprint density at radius 2 is 2.23 bits per heavy atom. The summed E-state index contributed by atoms with van der Waals surface area (Å²) in [5.41, 5.74) is 7.45. The zero-order chi connectivity index (χ0) is 8.84. The van der Waals surface area contributed by atoms with Crippen molar-refractivity contribution in [3.8, 4) is 0 Å². The Bertz CT molecular complexity index is 581. The first-order valence-corrected chi connectivity index (χ1v) is 4.68. The second-order valence-corrected chi connectivity index (χ2v) is 3.83. The van der Waals surface area contributed by atoms with Crippen molar-refractivity contribution in [3.05, 3.63) is 24.5 Å². The zero-order valence-electron chi connectivity index (χ0n) is 6.65. The molecule has 0 bridgehead atoms. The van der Waals surface area contributed by atoms with Gasteiger partial charge >= 0.3 is 0 Å². The van der Waals surface area contributed by atoms with Crippen molar-refractivity contribution in [1.29, 1.82) is 0 Å². The molecule has 3 rings (SSSR count). The highest BCUT2D eigenvalue weighted by molar-refractivity contribution is 7.23. The number of benzene rings is 1. The lowest BCUT2D eigenvalue weighted by Gasteiger charge is -1.87. The van der Waals surface area contributed by atoms with Gasteiger partial charge < -0.3 is 10.2 Å². The molecule has 0 fully saturated rings. The van der Waals surface area contributed by atoms with E-state index in [1.807, 2.05) is 18.2 Å². The Kier molecular flexibility index (Phi) is 1.19. The second kappa shape index (κ2) is 2.23. The van der Waals surface area contributed by atoms with Crippen LogP contribution in [0.25, 0.3) is 21.2 Å². The molecule has 0 amide bonds. The van der Waals surface area contributed by atoms with Gasteiger partial charge in [-0.3, -0.25) is 0 Å². The van der Waals surface area contributed by atoms with Crippen molar-refractivity contribution >= 4 is 37.7 Å². The van der Waals surface area contributed by atoms with E-state index in [-0.39, 0.29) is 0 Å². The van der Waals surface area contributed by atoms with Crippen LogP contribution in [-0.4, -0.2) is 4.98 Å². The number of nitrogens with zero attached hydrogens (tertiary/aromatic N) is 1. The number of rotatable bonds is 0. The molecule has 0 aliphatic rings. The summed E-state index contributed by atoms with van der Waals surface area (Å²) in [7, 11) is 0. The molecule has 0 unspecified atom stereocenters. The van der Waals surface area contributed by atoms with E-state index in [1.165, 1.54) is 11.3 Å². The molecule has 0 saturated heterocycles. The predicted molar refractivity (Wildman–Crippen MR) is 53.8 cm³/mol. The van der Waals surface area contributed by atoms with E-state index in [2.05, 4.69) is 4.98 Å². The summed E-state index contributed by atoms with van der Waals surface area (Å²) in [6.45, 7) is 0. The molecule has 3 nitrogen and oxygen atoms in total. The third kappa shape index (κ3) is 0.860. The number of anilines is 1. The molecule has 0 atom stereocenters. The van der Waals surface area contributed by atoms with Crippen molar-refractivity contribution in [2.75, 3.05) is 5.73 Å². The molecule has 2 N–H and O–H groups in total. The minimum Gasteiger partial charge on any atom is -0.464 e. The van der Waals surface area contributed by atoms with Gasteiger partial charge in [-0.05, 0) is 18.2 Å². The fourth-order valence-corrected chi connectivity index (χ4v) is 2.30. The third-order valence-corrected chi connectivity index (χ3v) is 2.94. The van der Waals surface area contributed by atoms with Crippen LogP contribution in [0.3, 0.4) is 0 Å². The van der Waals surface area contributed by atoms with Crippen LogP contribution in [0.5, 0.6) is 0 Å². The molecule has 2 heterocycles. The molecule has 64 valence electrons. The molecule has 13 heavy (non-hydrogen) atoms. The molecule has 4 heteroatoms. The molecule has 0 aliphatic carbocycles. The van der Waals surface area contributed by atoms with E-state index in [0.29, 0.717) is 5.13 Å². The Morgan fingerprint density at radius 3 is 3.15 bits per heavy atom. The standard InChI is InChI=1S/C9H6N2OS/c10-9-11-6-1-2-7-5(3-4-12-7)8(6)13-9/h1-4H,(H2,10,11). The summed E-state index contributed by atoms with van der Waals surface area (Å²) in [6.07, 6.45) is 1.68. The Morgan fingerprint density at radius 1 is 1.31 bits per heavy atom. The van der Waals surface area contributed by atoms with Crippen LogP contribution in [0.4, 0.5) is 5.13 Å². The largest absolute Gasteiger partial charge is 0.464 e. The van der Waals surface area contributed by atoms with Gasteiger partial charge in [0.1, 0.15) is 5.58 Å². The number of hydrogen-bond donors (Lipinski definition) is 1. The highest BCUT2D eigenvalue weighted by Crippen LogP contribution is 2.31. The number of nitrogen functional groups attached to an aromatic ring is 1. The van der Waals surface area contributed by atoms with Crippen LogP contribution in [0, 0.1) is 0 Å². The Labute approximate surface area is 77.8 Å². The maximum atomic E-state index is 5.63. The molecule has 0 radical (unpaired) electrons. The fourth-order valence-electron chi connectivity index (χ4n) is 1.45. The van der Waals surface area contributed by atoms with E-state index in [9.17, 15) is 0 Å². The van der Waals surface area contributed by atoms with E-state index < -0.39 is 0 Å². The third-order valence-electron chi connectivity index (χ3n) is 2.00. The molecule has 3 aromatic rings. The van der Waals surface area contributed by atoms with Crippen LogP contribution in [0.15, 0.2) is 28.9 Å². The monoisotopic (exact) mass is 190 g/mol. The summed E-state index contributed by atoms with van der Waals surface area (Å²) in [5.74, 6) is 0. The summed E-state index contributed by atoms with van der Waals surface area (Å²) < 4.78 is 6.37. The lowest BCUT2D eigenvalue weighted by Crippen LogP contribution is -1.78. The molecule has 2 aromatic heterocycles. The van der Waals surface area contributed by atoms with Crippen LogP contribution in [0.1, 0.15) is 0 Å². The Hall–Kier alpha value is -1.55. The van der Waals surface area contributed by atoms with E-state index in [4.69, 9.17) is 10.2 Å². The van der Waals surface area contributed by atoms with Gasteiger partial charge in [0.15, 0.2) is 5.13 Å². The number of aromatic nitrogens is 1. The lowest BCUT2D eigenvalue weighted by atomic mass is 10.2. The van der Waals surface area contributed by atoms with Gasteiger partial charge in [-0.1, -0.05) is 11.3 Å². The van der Waals surface area contributed by atoms with Gasteiger partial charge in [0.2, 0.25) is 0 Å². The van der Waals surface area contributed by atoms with Crippen molar-refractivity contribution in [2.45, 2.75) is 0 Å². The molecule has 1 aromatic carbocycles. The van der Waals surface area contributed by atoms with Gasteiger partial charge in [-0.25, -0.2) is 4.98 Å². The summed E-state index contributed by atoms with van der Waals surface area (Å²) >= 11 is 1.49. The lowest BCUT2D eigenvalue weighted by molar-refractivity contribution is 0.616. The quantitative estimate of drug-likeness (QED) is 0.592. The van der Waals surface area contributed by atoms with E-state index in [0.717, 1.165) is 21.2 Å². The van der Waals surface area contributed by atoms with Gasteiger partial charge in [-0.2, -0.15) is 0 Å². The van der Waals surface area contributed by atoms with Crippen LogP contribution >= 0.6 is 11.3 Å². The maximum absolute atomic E-state index is 5.63. The minimum atomic E-state index is 0.601. The van der Waals surface area contributed by atoms with Crippen molar-refractivity contribution in [2.24, 2.45) is 0 Å². The maximum Gasteiger partial charge on any atom is 0.181 e. The minimum absolute atomic E-state index is 0.601. The highest BCUT2D eigenvalue weighted by atomic mass is 32.1. The molecule has 0 saturated carbocycles. The molecular weight excluding hydrogens is 184 g/mol. The normalized spacial score (nSPS) is 11.4. The first-order chi connectivity index (χ1) is 6.34. The average molecular weight is 190 g/mol. The SMILES string of the molecule is Nc1nc2ccc3occc3c2s1. The molecular formula is C9H6N2OS. The van der Waals surface area contributed by atoms with E-state index in [1.54, 1.807) is 6.26 Å². The smallest absolute Gasteiger partial charge is 0.181 e. The summed E-state index contributed by atoms with van der Waals surface area (Å²) in [5, 5.41) is 1.69. The first-order valence-electron chi connectivity index (χ1n) is 3.87. The van der Waals surface area contributed by atoms with Crippen molar-refractivity contribution < 1.29 is 4.42 Å². The number of furan rings is 1. The number of fused-ring (bicyclic) bond motifs is 3. The molecule has 0 aliphatic heterocycles. The zero-order valence-corrected chi connectivity index (χ0v) is 7.47. The highest BCUT2D eigenvalue weighted by Gasteiger charge is 2.06. The van der Waals surface area contributed by atoms with Gasteiger partial charge in [0.05, 0.1) is 16.5 Å². The van der Waals surface area contributed by atoms with Gasteiger partial charge in [0.25, 0.3) is 0 Å². The molecule has 0 spiro atoms. The van der Waals surface area contributed by atoms with Crippen molar-refractivity contribution in [1.82, 2.24) is 4.98 Å². The van der Waals surface area contributed by atoms with Crippen LogP contribution in [-0.2, 0) is 0 Å². The predicted octanol–water partition coefficient (Wildman–Crippen LogP) is 2.62. The van der Waals surface area contributed by atoms with Gasteiger partial charge in [0, 0.05) is 5.39 Å². The van der Waals surface area contributed by atoms with Gasteiger partial charge in [-0.15, -0.1) is 0 Å². The Balaban J connectivity index is 2.64. The van der Waals surface area contributed by atoms with Crippen LogP contribution in [0.2, 0.25) is 0 Å². The number of nitrogens with two attached hydrogens (primary N) is 1. The summed E-state index contributed by atoms with van der Waals surface area (Å²) in [6, 6.07) is 5.78. The average Bonchev–Trinajstić information content (AvgIpc) is 2.65. The van der Waals surface area contributed by atoms with E-state index >= 15 is 0 Å². The van der Waals surface area contributed by atoms with Crippen molar-refractivity contribution in [3.63, 3.8) is 0 Å². The topological polar surface area (TPSA) is 52.0 Å². The van der Waals surface area contributed by atoms with Crippen LogP contribution < -0.4 is 5.73 Å². The number of thiazole rings is 1. The first kappa shape index (κ1) is 6.91. The number of hydrogen-bond acceptors (Lipinski definition) is 4.